The number of nitrogens with one attached hydrogen (secondary N) is 1. The van der Waals surface area contributed by atoms with Gasteiger partial charge < -0.3 is 21.2 Å². The molecule has 0 aliphatic rings. The lowest BCUT2D eigenvalue weighted by Crippen LogP contribution is -2.15. The number of hydrogen-bond acceptors (Lipinski definition) is 4. The number of para-hydroxylation sites is 1. The van der Waals surface area contributed by atoms with Crippen LogP contribution in [0.25, 0.3) is 11.3 Å². The predicted octanol–water partition coefficient (Wildman–Crippen LogP) is 4.80. The molecule has 0 saturated carbocycles. The van der Waals surface area contributed by atoms with Crippen LogP contribution in [0.4, 0.5) is 18.9 Å². The number of primary amides is 1. The van der Waals surface area contributed by atoms with Crippen LogP contribution in [-0.4, -0.2) is 16.7 Å². The van der Waals surface area contributed by atoms with E-state index in [0.717, 1.165) is 0 Å². The zero-order chi connectivity index (χ0) is 23.7. The first-order chi connectivity index (χ1) is 15.8. The topological polar surface area (TPSA) is 111 Å². The van der Waals surface area contributed by atoms with E-state index < -0.39 is 40.4 Å². The highest BCUT2D eigenvalue weighted by Gasteiger charge is 2.28. The molecule has 1 heterocycles. The first-order valence-corrected chi connectivity index (χ1v) is 9.60. The first kappa shape index (κ1) is 21.7. The summed E-state index contributed by atoms with van der Waals surface area (Å²) in [5.74, 6) is -5.03. The summed E-state index contributed by atoms with van der Waals surface area (Å²) in [5, 5.41) is 0. The van der Waals surface area contributed by atoms with Crippen LogP contribution in [0.3, 0.4) is 0 Å². The quantitative estimate of drug-likeness (QED) is 0.366. The molecule has 166 valence electrons. The zero-order valence-electron chi connectivity index (χ0n) is 16.9. The Kier molecular flexibility index (Phi) is 5.61. The van der Waals surface area contributed by atoms with Gasteiger partial charge in [-0.25, -0.2) is 13.2 Å². The van der Waals surface area contributed by atoms with Crippen molar-refractivity contribution >= 4 is 17.4 Å². The van der Waals surface area contributed by atoms with Crippen LogP contribution in [0, 0.1) is 17.5 Å². The maximum atomic E-state index is 14.1. The van der Waals surface area contributed by atoms with E-state index in [1.54, 1.807) is 36.4 Å². The average Bonchev–Trinajstić information content (AvgIpc) is 3.11. The zero-order valence-corrected chi connectivity index (χ0v) is 16.9. The van der Waals surface area contributed by atoms with Gasteiger partial charge in [0.1, 0.15) is 34.6 Å². The van der Waals surface area contributed by atoms with Gasteiger partial charge in [0, 0.05) is 12.1 Å². The van der Waals surface area contributed by atoms with Crippen LogP contribution < -0.4 is 16.2 Å². The Morgan fingerprint density at radius 2 is 1.39 bits per heavy atom. The number of rotatable bonds is 6. The van der Waals surface area contributed by atoms with Crippen molar-refractivity contribution in [3.63, 3.8) is 0 Å². The monoisotopic (exact) mass is 451 g/mol. The highest BCUT2D eigenvalue weighted by molar-refractivity contribution is 6.16. The summed E-state index contributed by atoms with van der Waals surface area (Å²) in [7, 11) is 0. The van der Waals surface area contributed by atoms with Crippen molar-refractivity contribution in [2.75, 3.05) is 5.73 Å². The van der Waals surface area contributed by atoms with Gasteiger partial charge in [-0.1, -0.05) is 18.2 Å². The number of nitrogen functional groups attached to an aromatic ring is 1. The fraction of sp³-hybridized carbons (Fsp3) is 0. The molecular weight excluding hydrogens is 435 g/mol. The van der Waals surface area contributed by atoms with E-state index in [9.17, 15) is 22.8 Å². The molecule has 0 atom stereocenters. The summed E-state index contributed by atoms with van der Waals surface area (Å²) in [6, 6.07) is 16.2. The first-order valence-electron chi connectivity index (χ1n) is 9.60. The van der Waals surface area contributed by atoms with E-state index in [2.05, 4.69) is 4.98 Å². The maximum Gasteiger partial charge on any atom is 0.253 e. The molecule has 0 fully saturated rings. The third-order valence-corrected chi connectivity index (χ3v) is 4.87. The summed E-state index contributed by atoms with van der Waals surface area (Å²) in [6.45, 7) is 0. The van der Waals surface area contributed by atoms with E-state index in [4.69, 9.17) is 16.2 Å². The SMILES string of the molecule is NC(=O)c1c(-c2ccc(Oc3ccccc3)cc2)[nH]c(C(=O)c2c(F)cc(F)cc2F)c1N. The molecule has 0 radical (unpaired) electrons. The van der Waals surface area contributed by atoms with E-state index in [0.29, 0.717) is 29.2 Å². The molecule has 1 amide bonds. The molecule has 4 aromatic rings. The minimum Gasteiger partial charge on any atom is -0.457 e. The molecule has 0 spiro atoms. The molecule has 33 heavy (non-hydrogen) atoms. The Hall–Kier alpha value is -4.53. The number of H-pyrrole nitrogens is 1. The predicted molar refractivity (Wildman–Crippen MR) is 115 cm³/mol. The number of ether oxygens (including phenoxy) is 1. The maximum absolute atomic E-state index is 14.1. The number of carbonyl (C=O) groups excluding carboxylic acids is 2. The van der Waals surface area contributed by atoms with Crippen LogP contribution in [-0.2, 0) is 0 Å². The Balaban J connectivity index is 1.74. The molecule has 9 heteroatoms. The van der Waals surface area contributed by atoms with Crippen molar-refractivity contribution in [1.82, 2.24) is 4.98 Å². The highest BCUT2D eigenvalue weighted by Crippen LogP contribution is 2.33. The molecule has 1 aromatic heterocycles. The largest absolute Gasteiger partial charge is 0.457 e. The molecule has 5 N–H and O–H groups in total. The number of nitrogens with two attached hydrogens (primary N) is 2. The Morgan fingerprint density at radius 1 is 0.818 bits per heavy atom. The fourth-order valence-electron chi connectivity index (χ4n) is 3.36. The van der Waals surface area contributed by atoms with Crippen LogP contribution in [0.1, 0.15) is 26.4 Å². The third kappa shape index (κ3) is 4.16. The lowest BCUT2D eigenvalue weighted by atomic mass is 10.0. The lowest BCUT2D eigenvalue weighted by Gasteiger charge is -2.07. The Bertz CT molecular complexity index is 1340. The van der Waals surface area contributed by atoms with Gasteiger partial charge >= 0.3 is 0 Å². The van der Waals surface area contributed by atoms with Gasteiger partial charge in [-0.05, 0) is 42.0 Å². The molecule has 6 nitrogen and oxygen atoms in total. The summed E-state index contributed by atoms with van der Waals surface area (Å²) in [6.07, 6.45) is 0. The second kappa shape index (κ2) is 8.54. The van der Waals surface area contributed by atoms with Gasteiger partial charge in [0.15, 0.2) is 0 Å². The molecule has 0 unspecified atom stereocenters. The number of anilines is 1. The molecular formula is C24H16F3N3O3. The van der Waals surface area contributed by atoms with Gasteiger partial charge in [0.05, 0.1) is 22.5 Å². The smallest absolute Gasteiger partial charge is 0.253 e. The normalized spacial score (nSPS) is 10.8. The number of halogens is 3. The molecule has 0 aliphatic heterocycles. The Morgan fingerprint density at radius 3 is 1.97 bits per heavy atom. The van der Waals surface area contributed by atoms with Crippen molar-refractivity contribution < 1.29 is 27.5 Å². The van der Waals surface area contributed by atoms with Gasteiger partial charge in [-0.15, -0.1) is 0 Å². The molecule has 0 aliphatic carbocycles. The second-order valence-electron chi connectivity index (χ2n) is 7.04. The number of hydrogen-bond donors (Lipinski definition) is 3. The third-order valence-electron chi connectivity index (χ3n) is 4.87. The number of benzene rings is 3. The molecule has 3 aromatic carbocycles. The van der Waals surface area contributed by atoms with E-state index in [1.165, 1.54) is 0 Å². The second-order valence-corrected chi connectivity index (χ2v) is 7.04. The van der Waals surface area contributed by atoms with Crippen molar-refractivity contribution in [2.24, 2.45) is 5.73 Å². The number of carbonyl (C=O) groups is 2. The fourth-order valence-corrected chi connectivity index (χ4v) is 3.36. The minimum absolute atomic E-state index is 0.0811. The summed E-state index contributed by atoms with van der Waals surface area (Å²) in [5.41, 5.74) is 9.81. The van der Waals surface area contributed by atoms with Gasteiger partial charge in [0.2, 0.25) is 5.78 Å². The highest BCUT2D eigenvalue weighted by atomic mass is 19.1. The number of aromatic amines is 1. The van der Waals surface area contributed by atoms with Gasteiger partial charge in [0.25, 0.3) is 5.91 Å². The number of ketones is 1. The van der Waals surface area contributed by atoms with Crippen molar-refractivity contribution in [2.45, 2.75) is 0 Å². The van der Waals surface area contributed by atoms with Crippen LogP contribution in [0.5, 0.6) is 11.5 Å². The Labute approximate surface area is 185 Å². The minimum atomic E-state index is -1.41. The number of aromatic nitrogens is 1. The van der Waals surface area contributed by atoms with Crippen molar-refractivity contribution in [1.29, 1.82) is 0 Å². The average molecular weight is 451 g/mol. The van der Waals surface area contributed by atoms with Crippen molar-refractivity contribution in [3.8, 4) is 22.8 Å². The molecule has 4 rings (SSSR count). The number of amides is 1. The standard InChI is InChI=1S/C24H16F3N3O3/c25-13-10-16(26)18(17(27)11-13)23(31)22-20(28)19(24(29)32)21(30-22)12-6-8-15(9-7-12)33-14-4-2-1-3-5-14/h1-11,30H,28H2,(H2,29,32). The summed E-state index contributed by atoms with van der Waals surface area (Å²) >= 11 is 0. The van der Waals surface area contributed by atoms with E-state index in [-0.39, 0.29) is 16.9 Å². The summed E-state index contributed by atoms with van der Waals surface area (Å²) < 4.78 is 47.2. The lowest BCUT2D eigenvalue weighted by molar-refractivity contribution is 0.100. The van der Waals surface area contributed by atoms with Gasteiger partial charge in [-0.3, -0.25) is 9.59 Å². The summed E-state index contributed by atoms with van der Waals surface area (Å²) in [4.78, 5) is 27.5. The van der Waals surface area contributed by atoms with Crippen LogP contribution >= 0.6 is 0 Å². The molecule has 0 bridgehead atoms. The van der Waals surface area contributed by atoms with E-state index >= 15 is 0 Å². The van der Waals surface area contributed by atoms with Gasteiger partial charge in [-0.2, -0.15) is 0 Å². The van der Waals surface area contributed by atoms with Crippen molar-refractivity contribution in [3.05, 3.63) is 101 Å². The van der Waals surface area contributed by atoms with E-state index in [1.807, 2.05) is 18.2 Å². The molecule has 0 saturated heterocycles. The van der Waals surface area contributed by atoms with Crippen LogP contribution in [0.15, 0.2) is 66.7 Å². The van der Waals surface area contributed by atoms with Crippen LogP contribution in [0.2, 0.25) is 0 Å².